The Morgan fingerprint density at radius 1 is 1.06 bits per heavy atom. The van der Waals surface area contributed by atoms with E-state index in [-0.39, 0.29) is 29.0 Å². The van der Waals surface area contributed by atoms with Crippen LogP contribution in [0, 0.1) is 6.92 Å². The summed E-state index contributed by atoms with van der Waals surface area (Å²) in [5, 5.41) is 8.22. The maximum absolute atomic E-state index is 12.8. The average Bonchev–Trinajstić information content (AvgIpc) is 3.46. The molecule has 0 amide bonds. The summed E-state index contributed by atoms with van der Waals surface area (Å²) in [6.45, 7) is 1.85. The number of carbonyl (C=O) groups excluding carboxylic acids is 1. The highest BCUT2D eigenvalue weighted by atomic mass is 35.5. The van der Waals surface area contributed by atoms with E-state index in [1.165, 1.54) is 18.4 Å². The van der Waals surface area contributed by atoms with Gasteiger partial charge in [0.25, 0.3) is 10.0 Å². The van der Waals surface area contributed by atoms with Crippen LogP contribution in [-0.2, 0) is 10.0 Å². The van der Waals surface area contributed by atoms with E-state index in [4.69, 9.17) is 20.4 Å². The molecular weight excluding hydrogens is 466 g/mol. The molecule has 4 rings (SSSR count). The number of sulfonamides is 1. The van der Waals surface area contributed by atoms with Gasteiger partial charge in [-0.05, 0) is 61.5 Å². The molecule has 0 spiro atoms. The van der Waals surface area contributed by atoms with Crippen LogP contribution in [0.1, 0.15) is 34.0 Å². The molecule has 4 aromatic rings. The Labute approximate surface area is 195 Å². The lowest BCUT2D eigenvalue weighted by molar-refractivity contribution is 0.0998. The van der Waals surface area contributed by atoms with Crippen LogP contribution >= 0.6 is 11.6 Å². The number of aryl methyl sites for hydroxylation is 1. The van der Waals surface area contributed by atoms with Crippen molar-refractivity contribution in [3.8, 4) is 0 Å². The van der Waals surface area contributed by atoms with Crippen molar-refractivity contribution in [2.24, 2.45) is 0 Å². The highest BCUT2D eigenvalue weighted by Gasteiger charge is 2.21. The third-order valence-electron chi connectivity index (χ3n) is 4.63. The van der Waals surface area contributed by atoms with Crippen LogP contribution in [0.5, 0.6) is 0 Å². The normalized spacial score (nSPS) is 12.0. The standard InChI is InChI=1S/C23H18ClN3O5S/c1-15-4-10-20(11-5-15)33(29,30)27-23-26-25-22(32-23)17(13-19-3-2-12-31-19)14-21(28)16-6-8-18(24)9-7-16/h2-13H,14H2,1H3,(H,26,27)/b17-13+. The number of furan rings is 1. The van der Waals surface area contributed by atoms with E-state index in [1.807, 2.05) is 6.92 Å². The molecule has 0 unspecified atom stereocenters. The molecule has 0 aliphatic carbocycles. The lowest BCUT2D eigenvalue weighted by atomic mass is 10.0. The van der Waals surface area contributed by atoms with Crippen LogP contribution in [0.25, 0.3) is 11.6 Å². The minimum absolute atomic E-state index is 0.0182. The van der Waals surface area contributed by atoms with Crippen molar-refractivity contribution in [1.29, 1.82) is 0 Å². The predicted octanol–water partition coefficient (Wildman–Crippen LogP) is 5.24. The van der Waals surface area contributed by atoms with Crippen LogP contribution < -0.4 is 4.72 Å². The smallest absolute Gasteiger partial charge is 0.330 e. The zero-order chi connectivity index (χ0) is 23.4. The zero-order valence-electron chi connectivity index (χ0n) is 17.4. The van der Waals surface area contributed by atoms with Gasteiger partial charge >= 0.3 is 6.01 Å². The molecule has 0 atom stereocenters. The molecule has 10 heteroatoms. The van der Waals surface area contributed by atoms with Crippen molar-refractivity contribution in [1.82, 2.24) is 10.2 Å². The highest BCUT2D eigenvalue weighted by Crippen LogP contribution is 2.26. The van der Waals surface area contributed by atoms with Gasteiger partial charge in [-0.15, -0.1) is 5.10 Å². The SMILES string of the molecule is Cc1ccc(S(=O)(=O)Nc2nnc(/C(=C/c3ccco3)CC(=O)c3ccc(Cl)cc3)o2)cc1. The van der Waals surface area contributed by atoms with Gasteiger partial charge in [-0.1, -0.05) is 34.4 Å². The summed E-state index contributed by atoms with van der Waals surface area (Å²) in [5.74, 6) is 0.230. The van der Waals surface area contributed by atoms with Crippen molar-refractivity contribution in [3.05, 3.63) is 94.7 Å². The van der Waals surface area contributed by atoms with Crippen molar-refractivity contribution in [3.63, 3.8) is 0 Å². The average molecular weight is 484 g/mol. The first kappa shape index (κ1) is 22.5. The van der Waals surface area contributed by atoms with Crippen LogP contribution in [0.15, 0.2) is 80.7 Å². The van der Waals surface area contributed by atoms with Crippen molar-refractivity contribution in [2.75, 3.05) is 4.72 Å². The maximum Gasteiger partial charge on any atom is 0.330 e. The summed E-state index contributed by atoms with van der Waals surface area (Å²) < 4.78 is 38.3. The Morgan fingerprint density at radius 3 is 2.45 bits per heavy atom. The number of anilines is 1. The minimum atomic E-state index is -3.93. The molecule has 0 radical (unpaired) electrons. The lowest BCUT2D eigenvalue weighted by Crippen LogP contribution is -2.13. The first-order valence-electron chi connectivity index (χ1n) is 9.76. The third kappa shape index (κ3) is 5.57. The van der Waals surface area contributed by atoms with Crippen LogP contribution in [0.2, 0.25) is 5.02 Å². The second-order valence-corrected chi connectivity index (χ2v) is 9.24. The molecular formula is C23H18ClN3O5S. The van der Waals surface area contributed by atoms with Gasteiger partial charge in [-0.2, -0.15) is 0 Å². The second-order valence-electron chi connectivity index (χ2n) is 7.12. The molecule has 168 valence electrons. The van der Waals surface area contributed by atoms with E-state index in [0.717, 1.165) is 5.56 Å². The first-order valence-corrected chi connectivity index (χ1v) is 11.6. The first-order chi connectivity index (χ1) is 15.8. The van der Waals surface area contributed by atoms with Crippen LogP contribution in [0.3, 0.4) is 0 Å². The van der Waals surface area contributed by atoms with Gasteiger partial charge in [0.1, 0.15) is 5.76 Å². The number of hydrogen-bond acceptors (Lipinski definition) is 7. The second kappa shape index (κ2) is 9.43. The Kier molecular flexibility index (Phi) is 6.43. The summed E-state index contributed by atoms with van der Waals surface area (Å²) in [6.07, 6.45) is 2.98. The van der Waals surface area contributed by atoms with E-state index in [9.17, 15) is 13.2 Å². The summed E-state index contributed by atoms with van der Waals surface area (Å²) in [5.41, 5.74) is 1.73. The summed E-state index contributed by atoms with van der Waals surface area (Å²) in [6, 6.07) is 15.8. The zero-order valence-corrected chi connectivity index (χ0v) is 18.9. The predicted molar refractivity (Wildman–Crippen MR) is 123 cm³/mol. The Bertz CT molecular complexity index is 1390. The van der Waals surface area contributed by atoms with E-state index in [0.29, 0.717) is 21.9 Å². The molecule has 0 aliphatic heterocycles. The van der Waals surface area contributed by atoms with Crippen molar-refractivity contribution < 1.29 is 22.0 Å². The fourth-order valence-corrected chi connectivity index (χ4v) is 3.98. The van der Waals surface area contributed by atoms with Gasteiger partial charge < -0.3 is 8.83 Å². The number of nitrogens with one attached hydrogen (secondary N) is 1. The molecule has 2 aromatic heterocycles. The largest absolute Gasteiger partial charge is 0.465 e. The maximum atomic E-state index is 12.8. The lowest BCUT2D eigenvalue weighted by Gasteiger charge is -2.05. The fourth-order valence-electron chi connectivity index (χ4n) is 2.93. The Balaban J connectivity index is 1.60. The molecule has 0 fully saturated rings. The number of halogens is 1. The van der Waals surface area contributed by atoms with E-state index in [2.05, 4.69) is 14.9 Å². The fraction of sp³-hybridized carbons (Fsp3) is 0.0870. The minimum Gasteiger partial charge on any atom is -0.465 e. The number of ketones is 1. The Morgan fingerprint density at radius 2 is 1.79 bits per heavy atom. The number of carbonyl (C=O) groups is 1. The molecule has 0 aliphatic rings. The number of benzene rings is 2. The van der Waals surface area contributed by atoms with Gasteiger partial charge in [0.15, 0.2) is 5.78 Å². The Hall–Kier alpha value is -3.69. The van der Waals surface area contributed by atoms with Gasteiger partial charge in [0.2, 0.25) is 5.89 Å². The topological polar surface area (TPSA) is 115 Å². The number of Topliss-reactive ketones (excluding diaryl/α,β-unsaturated/α-hetero) is 1. The third-order valence-corrected chi connectivity index (χ3v) is 6.22. The van der Waals surface area contributed by atoms with Gasteiger partial charge in [0.05, 0.1) is 11.2 Å². The molecule has 0 bridgehead atoms. The van der Waals surface area contributed by atoms with Crippen LogP contribution in [-0.4, -0.2) is 24.4 Å². The highest BCUT2D eigenvalue weighted by molar-refractivity contribution is 7.92. The van der Waals surface area contributed by atoms with Gasteiger partial charge in [0, 0.05) is 22.6 Å². The van der Waals surface area contributed by atoms with Gasteiger partial charge in [-0.25, -0.2) is 13.1 Å². The number of rotatable bonds is 8. The molecule has 33 heavy (non-hydrogen) atoms. The molecule has 8 nitrogen and oxygen atoms in total. The van der Waals surface area contributed by atoms with E-state index >= 15 is 0 Å². The number of allylic oxidation sites excluding steroid dienone is 1. The van der Waals surface area contributed by atoms with Crippen molar-refractivity contribution >= 4 is 45.1 Å². The number of hydrogen-bond donors (Lipinski definition) is 1. The monoisotopic (exact) mass is 483 g/mol. The number of nitrogens with zero attached hydrogens (tertiary/aromatic N) is 2. The number of aromatic nitrogens is 2. The van der Waals surface area contributed by atoms with E-state index < -0.39 is 10.0 Å². The molecule has 0 saturated carbocycles. The molecule has 1 N–H and O–H groups in total. The molecule has 2 heterocycles. The van der Waals surface area contributed by atoms with Crippen molar-refractivity contribution in [2.45, 2.75) is 18.2 Å². The quantitative estimate of drug-likeness (QED) is 0.341. The van der Waals surface area contributed by atoms with Crippen LogP contribution in [0.4, 0.5) is 6.01 Å². The summed E-state index contributed by atoms with van der Waals surface area (Å²) >= 11 is 5.90. The molecule has 2 aromatic carbocycles. The summed E-state index contributed by atoms with van der Waals surface area (Å²) in [4.78, 5) is 12.9. The summed E-state index contributed by atoms with van der Waals surface area (Å²) in [7, 11) is -3.93. The van der Waals surface area contributed by atoms with E-state index in [1.54, 1.807) is 54.6 Å². The molecule has 0 saturated heterocycles. The van der Waals surface area contributed by atoms with Gasteiger partial charge in [-0.3, -0.25) is 4.79 Å².